The third-order valence-corrected chi connectivity index (χ3v) is 4.67. The van der Waals surface area contributed by atoms with Gasteiger partial charge >= 0.3 is 6.09 Å². The lowest BCUT2D eigenvalue weighted by molar-refractivity contribution is -0.123. The highest BCUT2D eigenvalue weighted by molar-refractivity contribution is 5.88. The van der Waals surface area contributed by atoms with Crippen molar-refractivity contribution < 1.29 is 14.3 Å². The number of nitrogens with one attached hydrogen (secondary N) is 1. The Morgan fingerprint density at radius 1 is 0.960 bits per heavy atom. The summed E-state index contributed by atoms with van der Waals surface area (Å²) in [7, 11) is 0. The average molecular weight is 337 g/mol. The molecule has 0 saturated heterocycles. The first-order chi connectivity index (χ1) is 12.0. The normalized spacial score (nSPS) is 13.9. The number of ketones is 1. The Kier molecular flexibility index (Phi) is 4.88. The van der Waals surface area contributed by atoms with E-state index in [4.69, 9.17) is 4.74 Å². The molecular formula is C21H23NO3. The predicted molar refractivity (Wildman–Crippen MR) is 97.5 cm³/mol. The van der Waals surface area contributed by atoms with E-state index in [-0.39, 0.29) is 24.2 Å². The van der Waals surface area contributed by atoms with Crippen LogP contribution in [0.5, 0.6) is 0 Å². The van der Waals surface area contributed by atoms with Crippen molar-refractivity contribution in [1.82, 2.24) is 5.32 Å². The molecule has 0 fully saturated rings. The Morgan fingerprint density at radius 2 is 1.48 bits per heavy atom. The van der Waals surface area contributed by atoms with Crippen molar-refractivity contribution in [3.05, 3.63) is 59.7 Å². The van der Waals surface area contributed by atoms with Crippen molar-refractivity contribution >= 4 is 11.9 Å². The minimum absolute atomic E-state index is 0.00601. The van der Waals surface area contributed by atoms with E-state index >= 15 is 0 Å². The molecular weight excluding hydrogens is 314 g/mol. The number of carbonyl (C=O) groups is 2. The van der Waals surface area contributed by atoms with E-state index in [0.29, 0.717) is 0 Å². The van der Waals surface area contributed by atoms with Crippen molar-refractivity contribution in [3.8, 4) is 11.1 Å². The Morgan fingerprint density at radius 3 is 2.00 bits per heavy atom. The summed E-state index contributed by atoms with van der Waals surface area (Å²) < 4.78 is 5.44. The number of fused-ring (bicyclic) bond motifs is 3. The van der Waals surface area contributed by atoms with Crippen LogP contribution in [0.25, 0.3) is 11.1 Å². The summed E-state index contributed by atoms with van der Waals surface area (Å²) in [6, 6.07) is 15.8. The molecule has 1 atom stereocenters. The Labute approximate surface area is 148 Å². The molecule has 0 spiro atoms. The summed E-state index contributed by atoms with van der Waals surface area (Å²) in [6.45, 7) is 5.57. The molecule has 25 heavy (non-hydrogen) atoms. The molecule has 4 heteroatoms. The number of alkyl carbamates (subject to hydrolysis) is 1. The summed E-state index contributed by atoms with van der Waals surface area (Å²) in [4.78, 5) is 24.0. The number of benzene rings is 2. The van der Waals surface area contributed by atoms with Gasteiger partial charge in [-0.25, -0.2) is 4.79 Å². The maximum Gasteiger partial charge on any atom is 0.407 e. The molecule has 0 radical (unpaired) electrons. The zero-order chi connectivity index (χ0) is 18.0. The van der Waals surface area contributed by atoms with Gasteiger partial charge in [-0.05, 0) is 29.2 Å². The van der Waals surface area contributed by atoms with Gasteiger partial charge in [-0.3, -0.25) is 4.79 Å². The molecule has 3 rings (SSSR count). The van der Waals surface area contributed by atoms with E-state index in [0.717, 1.165) is 0 Å². The molecule has 130 valence electrons. The first kappa shape index (κ1) is 17.2. The van der Waals surface area contributed by atoms with Crippen molar-refractivity contribution in [2.45, 2.75) is 32.7 Å². The molecule has 4 nitrogen and oxygen atoms in total. The number of hydrogen-bond acceptors (Lipinski definition) is 3. The van der Waals surface area contributed by atoms with Gasteiger partial charge in [0.1, 0.15) is 6.61 Å². The summed E-state index contributed by atoms with van der Waals surface area (Å²) in [5, 5.41) is 2.62. The van der Waals surface area contributed by atoms with Crippen LogP contribution in [0.2, 0.25) is 0 Å². The van der Waals surface area contributed by atoms with Gasteiger partial charge in [0.25, 0.3) is 0 Å². The fourth-order valence-electron chi connectivity index (χ4n) is 3.39. The number of rotatable bonds is 5. The number of carbonyl (C=O) groups excluding carboxylic acids is 2. The quantitative estimate of drug-likeness (QED) is 0.892. The van der Waals surface area contributed by atoms with E-state index in [1.165, 1.54) is 22.3 Å². The van der Waals surface area contributed by atoms with Crippen molar-refractivity contribution in [2.24, 2.45) is 5.92 Å². The number of hydrogen-bond donors (Lipinski definition) is 1. The number of Topliss-reactive ketones (excluding diaryl/α,β-unsaturated/α-hetero) is 1. The first-order valence-corrected chi connectivity index (χ1v) is 8.64. The maximum atomic E-state index is 12.1. The van der Waals surface area contributed by atoms with Gasteiger partial charge in [0, 0.05) is 11.8 Å². The summed E-state index contributed by atoms with van der Waals surface area (Å²) in [5.41, 5.74) is 4.72. The van der Waals surface area contributed by atoms with E-state index in [9.17, 15) is 9.59 Å². The van der Waals surface area contributed by atoms with Crippen molar-refractivity contribution in [2.75, 3.05) is 6.61 Å². The molecule has 0 aromatic heterocycles. The van der Waals surface area contributed by atoms with Crippen LogP contribution >= 0.6 is 0 Å². The van der Waals surface area contributed by atoms with Crippen LogP contribution in [-0.4, -0.2) is 24.5 Å². The van der Waals surface area contributed by atoms with Crippen LogP contribution < -0.4 is 5.32 Å². The second-order valence-corrected chi connectivity index (χ2v) is 6.75. The second kappa shape index (κ2) is 7.09. The van der Waals surface area contributed by atoms with Crippen LogP contribution in [0.1, 0.15) is 37.8 Å². The van der Waals surface area contributed by atoms with Crippen LogP contribution in [0.15, 0.2) is 48.5 Å². The fraction of sp³-hybridized carbons (Fsp3) is 0.333. The molecule has 0 unspecified atom stereocenters. The third-order valence-electron chi connectivity index (χ3n) is 4.67. The molecule has 2 aromatic rings. The molecule has 1 amide bonds. The topological polar surface area (TPSA) is 55.4 Å². The minimum Gasteiger partial charge on any atom is -0.449 e. The van der Waals surface area contributed by atoms with Gasteiger partial charge in [0.05, 0.1) is 6.04 Å². The zero-order valence-electron chi connectivity index (χ0n) is 14.8. The van der Waals surface area contributed by atoms with Crippen LogP contribution in [-0.2, 0) is 9.53 Å². The maximum absolute atomic E-state index is 12.1. The largest absolute Gasteiger partial charge is 0.449 e. The molecule has 1 N–H and O–H groups in total. The highest BCUT2D eigenvalue weighted by Crippen LogP contribution is 2.44. The summed E-state index contributed by atoms with van der Waals surface area (Å²) in [5.74, 6) is -0.105. The van der Waals surface area contributed by atoms with Gasteiger partial charge in [0.2, 0.25) is 0 Å². The van der Waals surface area contributed by atoms with Gasteiger partial charge in [-0.1, -0.05) is 62.4 Å². The van der Waals surface area contributed by atoms with Gasteiger partial charge in [-0.2, -0.15) is 0 Å². The van der Waals surface area contributed by atoms with Gasteiger partial charge in [0.15, 0.2) is 5.78 Å². The molecule has 0 bridgehead atoms. The average Bonchev–Trinajstić information content (AvgIpc) is 2.93. The van der Waals surface area contributed by atoms with Crippen LogP contribution in [0.4, 0.5) is 4.79 Å². The highest BCUT2D eigenvalue weighted by Gasteiger charge is 2.29. The first-order valence-electron chi connectivity index (χ1n) is 8.64. The lowest BCUT2D eigenvalue weighted by Gasteiger charge is -2.17. The second-order valence-electron chi connectivity index (χ2n) is 6.75. The zero-order valence-corrected chi connectivity index (χ0v) is 14.8. The lowest BCUT2D eigenvalue weighted by Crippen LogP contribution is -2.41. The summed E-state index contributed by atoms with van der Waals surface area (Å²) in [6.07, 6.45) is -0.552. The lowest BCUT2D eigenvalue weighted by atomic mass is 9.98. The highest BCUT2D eigenvalue weighted by atomic mass is 16.5. The van der Waals surface area contributed by atoms with E-state index < -0.39 is 12.1 Å². The Hall–Kier alpha value is -2.62. The SMILES string of the molecule is CC(C)C(=O)[C@H](C)NC(=O)OCC1c2ccccc2-c2ccccc21. The van der Waals surface area contributed by atoms with Gasteiger partial charge < -0.3 is 10.1 Å². The minimum atomic E-state index is -0.552. The van der Waals surface area contributed by atoms with Crippen LogP contribution in [0.3, 0.4) is 0 Å². The Bertz CT molecular complexity index is 752. The molecule has 1 aliphatic carbocycles. The smallest absolute Gasteiger partial charge is 0.407 e. The molecule has 0 aliphatic heterocycles. The molecule has 1 aliphatic rings. The summed E-state index contributed by atoms with van der Waals surface area (Å²) >= 11 is 0. The standard InChI is InChI=1S/C21H23NO3/c1-13(2)20(23)14(3)22-21(24)25-12-19-17-10-6-4-8-15(17)16-9-5-7-11-18(16)19/h4-11,13-14,19H,12H2,1-3H3,(H,22,24)/t14-/m0/s1. The number of ether oxygens (including phenoxy) is 1. The molecule has 0 saturated carbocycles. The predicted octanol–water partition coefficient (Wildman–Crippen LogP) is 4.14. The monoisotopic (exact) mass is 337 g/mol. The van der Waals surface area contributed by atoms with E-state index in [1.54, 1.807) is 6.92 Å². The van der Waals surface area contributed by atoms with Crippen LogP contribution in [0, 0.1) is 5.92 Å². The van der Waals surface area contributed by atoms with Crippen molar-refractivity contribution in [3.63, 3.8) is 0 Å². The van der Waals surface area contributed by atoms with E-state index in [1.807, 2.05) is 38.1 Å². The molecule has 0 heterocycles. The van der Waals surface area contributed by atoms with Gasteiger partial charge in [-0.15, -0.1) is 0 Å². The molecule has 2 aromatic carbocycles. The van der Waals surface area contributed by atoms with Crippen molar-refractivity contribution in [1.29, 1.82) is 0 Å². The third kappa shape index (κ3) is 3.43. The van der Waals surface area contributed by atoms with E-state index in [2.05, 4.69) is 29.6 Å². The number of amides is 1. The Balaban J connectivity index is 1.69. The fourth-order valence-corrected chi connectivity index (χ4v) is 3.39.